The normalized spacial score (nSPS) is 32.4. The van der Waals surface area contributed by atoms with E-state index in [0.29, 0.717) is 0 Å². The van der Waals surface area contributed by atoms with Crippen molar-refractivity contribution in [1.29, 1.82) is 0 Å². The van der Waals surface area contributed by atoms with E-state index < -0.39 is 0 Å². The third-order valence-corrected chi connectivity index (χ3v) is 4.36. The van der Waals surface area contributed by atoms with E-state index in [9.17, 15) is 0 Å². The van der Waals surface area contributed by atoms with Crippen LogP contribution in [0.3, 0.4) is 0 Å². The summed E-state index contributed by atoms with van der Waals surface area (Å²) in [7, 11) is 0. The fourth-order valence-electron chi connectivity index (χ4n) is 3.42. The molecule has 2 aliphatic rings. The van der Waals surface area contributed by atoms with E-state index in [0.717, 1.165) is 0 Å². The second kappa shape index (κ2) is 3.82. The maximum Gasteiger partial charge on any atom is 0.116 e. The quantitative estimate of drug-likeness (QED) is 0.790. The molecule has 2 aliphatic heterocycles. The first-order chi connectivity index (χ1) is 8.17. The van der Waals surface area contributed by atoms with Crippen LogP contribution in [0.4, 0.5) is 0 Å². The van der Waals surface area contributed by atoms with Gasteiger partial charge in [-0.25, -0.2) is 0 Å². The maximum atomic E-state index is 3.73. The average molecular weight is 230 g/mol. The minimum Gasteiger partial charge on any atom is -0.285 e. The molecule has 17 heavy (non-hydrogen) atoms. The van der Waals surface area contributed by atoms with Crippen LogP contribution < -0.4 is 5.32 Å². The first kappa shape index (κ1) is 11.2. The summed E-state index contributed by atoms with van der Waals surface area (Å²) < 4.78 is 0. The summed E-state index contributed by atoms with van der Waals surface area (Å²) in [6.07, 6.45) is 4.07. The topological polar surface area (TPSA) is 25.2 Å². The molecular formula is C15H22N2. The molecule has 2 heterocycles. The van der Waals surface area contributed by atoms with Gasteiger partial charge in [0.2, 0.25) is 0 Å². The Balaban J connectivity index is 1.95. The molecule has 3 rings (SSSR count). The SMILES string of the molecule is CC1(C)NC1(c1ccccc1)N1CCCCC1. The van der Waals surface area contributed by atoms with Gasteiger partial charge in [0.05, 0.1) is 5.54 Å². The molecule has 2 heteroatoms. The lowest BCUT2D eigenvalue weighted by molar-refractivity contribution is 0.125. The second-order valence-corrected chi connectivity index (χ2v) is 5.87. The van der Waals surface area contributed by atoms with Crippen molar-refractivity contribution in [3.8, 4) is 0 Å². The van der Waals surface area contributed by atoms with Crippen molar-refractivity contribution in [3.05, 3.63) is 35.9 Å². The van der Waals surface area contributed by atoms with Gasteiger partial charge in [-0.2, -0.15) is 0 Å². The van der Waals surface area contributed by atoms with Gasteiger partial charge < -0.3 is 0 Å². The molecule has 1 unspecified atom stereocenters. The highest BCUT2D eigenvalue weighted by Gasteiger charge is 2.65. The summed E-state index contributed by atoms with van der Waals surface area (Å²) in [5, 5.41) is 3.73. The molecule has 2 fully saturated rings. The number of hydrogen-bond acceptors (Lipinski definition) is 2. The van der Waals surface area contributed by atoms with E-state index in [2.05, 4.69) is 54.4 Å². The van der Waals surface area contributed by atoms with Crippen molar-refractivity contribution in [2.45, 2.75) is 44.3 Å². The van der Waals surface area contributed by atoms with Gasteiger partial charge in [-0.1, -0.05) is 36.8 Å². The van der Waals surface area contributed by atoms with Gasteiger partial charge >= 0.3 is 0 Å². The number of likely N-dealkylation sites (tertiary alicyclic amines) is 1. The summed E-state index contributed by atoms with van der Waals surface area (Å²) in [4.78, 5) is 2.64. The molecule has 92 valence electrons. The van der Waals surface area contributed by atoms with Crippen LogP contribution in [-0.2, 0) is 5.66 Å². The molecule has 0 aromatic heterocycles. The van der Waals surface area contributed by atoms with Gasteiger partial charge in [-0.15, -0.1) is 0 Å². The highest BCUT2D eigenvalue weighted by molar-refractivity contribution is 5.37. The second-order valence-electron chi connectivity index (χ2n) is 5.87. The number of nitrogens with one attached hydrogen (secondary N) is 1. The zero-order chi connectivity index (χ0) is 11.9. The number of rotatable bonds is 2. The minimum atomic E-state index is 0.0919. The van der Waals surface area contributed by atoms with Crippen molar-refractivity contribution in [2.75, 3.05) is 13.1 Å². The minimum absolute atomic E-state index is 0.0919. The van der Waals surface area contributed by atoms with Crippen LogP contribution in [0, 0.1) is 0 Å². The third-order valence-electron chi connectivity index (χ3n) is 4.36. The van der Waals surface area contributed by atoms with E-state index in [4.69, 9.17) is 0 Å². The molecule has 0 saturated carbocycles. The van der Waals surface area contributed by atoms with E-state index in [1.807, 2.05) is 0 Å². The van der Waals surface area contributed by atoms with Gasteiger partial charge in [0.15, 0.2) is 0 Å². The number of benzene rings is 1. The molecule has 1 N–H and O–H groups in total. The Morgan fingerprint density at radius 1 is 1.00 bits per heavy atom. The fraction of sp³-hybridized carbons (Fsp3) is 0.600. The maximum absolute atomic E-state index is 3.73. The summed E-state index contributed by atoms with van der Waals surface area (Å²) in [5.74, 6) is 0. The number of hydrogen-bond donors (Lipinski definition) is 1. The Morgan fingerprint density at radius 2 is 1.59 bits per heavy atom. The Labute approximate surface area is 104 Å². The predicted molar refractivity (Wildman–Crippen MR) is 70.8 cm³/mol. The molecular weight excluding hydrogens is 208 g/mol. The highest BCUT2D eigenvalue weighted by Crippen LogP contribution is 2.50. The van der Waals surface area contributed by atoms with Crippen LogP contribution in [0.5, 0.6) is 0 Å². The molecule has 2 saturated heterocycles. The first-order valence-corrected chi connectivity index (χ1v) is 6.77. The molecule has 0 aliphatic carbocycles. The highest BCUT2D eigenvalue weighted by atomic mass is 15.5. The monoisotopic (exact) mass is 230 g/mol. The predicted octanol–water partition coefficient (Wildman–Crippen LogP) is 2.71. The number of piperidine rings is 1. The molecule has 0 bridgehead atoms. The average Bonchev–Trinajstić information content (AvgIpc) is 2.96. The lowest BCUT2D eigenvalue weighted by Crippen LogP contribution is -2.44. The van der Waals surface area contributed by atoms with Crippen molar-refractivity contribution in [3.63, 3.8) is 0 Å². The molecule has 0 spiro atoms. The molecule has 1 atom stereocenters. The third kappa shape index (κ3) is 1.62. The lowest BCUT2D eigenvalue weighted by atomic mass is 9.92. The standard InChI is InChI=1S/C15H22N2/c1-14(2)15(16-14,13-9-5-3-6-10-13)17-11-7-4-8-12-17/h3,5-6,9-10,16H,4,7-8,11-12H2,1-2H3. The Morgan fingerprint density at radius 3 is 2.12 bits per heavy atom. The Hall–Kier alpha value is -0.860. The van der Waals surface area contributed by atoms with Crippen LogP contribution >= 0.6 is 0 Å². The van der Waals surface area contributed by atoms with E-state index in [-0.39, 0.29) is 11.2 Å². The van der Waals surface area contributed by atoms with Crippen molar-refractivity contribution in [1.82, 2.24) is 10.2 Å². The van der Waals surface area contributed by atoms with Gasteiger partial charge in [0, 0.05) is 13.1 Å². The van der Waals surface area contributed by atoms with Gasteiger partial charge in [-0.05, 0) is 32.3 Å². The first-order valence-electron chi connectivity index (χ1n) is 6.77. The van der Waals surface area contributed by atoms with Gasteiger partial charge in [0.1, 0.15) is 5.66 Å². The summed E-state index contributed by atoms with van der Waals surface area (Å²) >= 11 is 0. The van der Waals surface area contributed by atoms with E-state index in [1.54, 1.807) is 0 Å². The van der Waals surface area contributed by atoms with Crippen LogP contribution in [0.1, 0.15) is 38.7 Å². The van der Waals surface area contributed by atoms with Crippen LogP contribution in [-0.4, -0.2) is 23.5 Å². The van der Waals surface area contributed by atoms with Crippen LogP contribution in [0.25, 0.3) is 0 Å². The summed E-state index contributed by atoms with van der Waals surface area (Å²) in [6.45, 7) is 7.08. The van der Waals surface area contributed by atoms with E-state index in [1.165, 1.54) is 37.9 Å². The fourth-order valence-corrected chi connectivity index (χ4v) is 3.42. The smallest absolute Gasteiger partial charge is 0.116 e. The summed E-state index contributed by atoms with van der Waals surface area (Å²) in [5.41, 5.74) is 1.72. The van der Waals surface area contributed by atoms with Gasteiger partial charge in [-0.3, -0.25) is 10.2 Å². The van der Waals surface area contributed by atoms with Crippen LogP contribution in [0.15, 0.2) is 30.3 Å². The van der Waals surface area contributed by atoms with Crippen molar-refractivity contribution in [2.24, 2.45) is 0 Å². The lowest BCUT2D eigenvalue weighted by Gasteiger charge is -2.36. The van der Waals surface area contributed by atoms with Crippen LogP contribution in [0.2, 0.25) is 0 Å². The van der Waals surface area contributed by atoms with E-state index >= 15 is 0 Å². The molecule has 2 nitrogen and oxygen atoms in total. The largest absolute Gasteiger partial charge is 0.285 e. The molecule has 1 aromatic carbocycles. The molecule has 0 radical (unpaired) electrons. The van der Waals surface area contributed by atoms with Crippen molar-refractivity contribution >= 4 is 0 Å². The zero-order valence-corrected chi connectivity index (χ0v) is 10.9. The Bertz CT molecular complexity index is 393. The summed E-state index contributed by atoms with van der Waals surface area (Å²) in [6, 6.07) is 10.9. The molecule has 1 aromatic rings. The zero-order valence-electron chi connectivity index (χ0n) is 10.9. The Kier molecular flexibility index (Phi) is 2.53. The van der Waals surface area contributed by atoms with Crippen molar-refractivity contribution < 1.29 is 0 Å². The van der Waals surface area contributed by atoms with Gasteiger partial charge in [0.25, 0.3) is 0 Å². The number of nitrogens with zero attached hydrogens (tertiary/aromatic N) is 1. The molecule has 0 amide bonds.